The van der Waals surface area contributed by atoms with Gasteiger partial charge in [0.2, 0.25) is 0 Å². The van der Waals surface area contributed by atoms with E-state index < -0.39 is 0 Å². The molecule has 0 radical (unpaired) electrons. The van der Waals surface area contributed by atoms with Crippen molar-refractivity contribution in [1.82, 2.24) is 20.4 Å². The molecule has 0 unspecified atom stereocenters. The molecule has 2 aliphatic rings. The number of carbonyl (C=O) groups excluding carboxylic acids is 1. The van der Waals surface area contributed by atoms with E-state index in [4.69, 9.17) is 0 Å². The van der Waals surface area contributed by atoms with E-state index in [1.807, 2.05) is 0 Å². The summed E-state index contributed by atoms with van der Waals surface area (Å²) in [4.78, 5) is 16.7. The summed E-state index contributed by atoms with van der Waals surface area (Å²) in [5, 5.41) is 6.04. The minimum Gasteiger partial charge on any atom is -0.338 e. The lowest BCUT2D eigenvalue weighted by atomic mass is 9.89. The van der Waals surface area contributed by atoms with E-state index in [9.17, 15) is 4.79 Å². The Morgan fingerprint density at radius 3 is 2.41 bits per heavy atom. The van der Waals surface area contributed by atoms with Crippen LogP contribution in [0.4, 0.5) is 4.79 Å². The molecule has 2 amide bonds. The van der Waals surface area contributed by atoms with Crippen LogP contribution in [0.1, 0.15) is 45.4 Å². The first-order valence-electron chi connectivity index (χ1n) is 9.00. The summed E-state index contributed by atoms with van der Waals surface area (Å²) in [5.41, 5.74) is 0.332. The smallest absolute Gasteiger partial charge is 0.314 e. The highest BCUT2D eigenvalue weighted by molar-refractivity contribution is 5.73. The molecule has 0 aromatic rings. The van der Waals surface area contributed by atoms with Crippen molar-refractivity contribution in [3.8, 4) is 0 Å². The molecule has 5 heteroatoms. The predicted octanol–water partition coefficient (Wildman–Crippen LogP) is 1.89. The van der Waals surface area contributed by atoms with Gasteiger partial charge in [0.05, 0.1) is 0 Å². The number of nitrogens with zero attached hydrogens (tertiary/aromatic N) is 2. The van der Waals surface area contributed by atoms with Gasteiger partial charge in [0.1, 0.15) is 0 Å². The lowest BCUT2D eigenvalue weighted by molar-refractivity contribution is 0.152. The van der Waals surface area contributed by atoms with Crippen LogP contribution in [0.25, 0.3) is 0 Å². The van der Waals surface area contributed by atoms with Gasteiger partial charge in [-0.2, -0.15) is 0 Å². The van der Waals surface area contributed by atoms with Crippen LogP contribution in [0.15, 0.2) is 0 Å². The second kappa shape index (κ2) is 8.73. The van der Waals surface area contributed by atoms with E-state index in [2.05, 4.69) is 34.4 Å². The van der Waals surface area contributed by atoms with E-state index in [0.717, 1.165) is 26.1 Å². The van der Waals surface area contributed by atoms with Crippen molar-refractivity contribution in [2.45, 2.75) is 45.4 Å². The quantitative estimate of drug-likeness (QED) is 0.706. The van der Waals surface area contributed by atoms with Gasteiger partial charge in [-0.3, -0.25) is 0 Å². The van der Waals surface area contributed by atoms with E-state index >= 15 is 0 Å². The van der Waals surface area contributed by atoms with Gasteiger partial charge in [0, 0.05) is 39.3 Å². The van der Waals surface area contributed by atoms with Crippen molar-refractivity contribution in [3.63, 3.8) is 0 Å². The zero-order valence-corrected chi connectivity index (χ0v) is 14.5. The molecule has 5 nitrogen and oxygen atoms in total. The Kier molecular flexibility index (Phi) is 6.96. The van der Waals surface area contributed by atoms with E-state index in [1.165, 1.54) is 58.3 Å². The predicted molar refractivity (Wildman–Crippen MR) is 91.1 cm³/mol. The van der Waals surface area contributed by atoms with E-state index in [1.54, 1.807) is 0 Å². The van der Waals surface area contributed by atoms with Crippen LogP contribution in [0, 0.1) is 5.41 Å². The lowest BCUT2D eigenvalue weighted by Gasteiger charge is -2.32. The van der Waals surface area contributed by atoms with Crippen LogP contribution >= 0.6 is 0 Å². The number of piperazine rings is 1. The number of hydrogen-bond acceptors (Lipinski definition) is 3. The number of urea groups is 1. The van der Waals surface area contributed by atoms with Gasteiger partial charge in [-0.1, -0.05) is 19.8 Å². The highest BCUT2D eigenvalue weighted by Crippen LogP contribution is 2.36. The Labute approximate surface area is 135 Å². The second-order valence-electron chi connectivity index (χ2n) is 7.48. The highest BCUT2D eigenvalue weighted by Gasteiger charge is 2.28. The second-order valence-corrected chi connectivity index (χ2v) is 7.48. The molecule has 128 valence electrons. The van der Waals surface area contributed by atoms with Crippen molar-refractivity contribution in [3.05, 3.63) is 0 Å². The Morgan fingerprint density at radius 1 is 1.05 bits per heavy atom. The van der Waals surface area contributed by atoms with Crippen LogP contribution in [0.3, 0.4) is 0 Å². The third kappa shape index (κ3) is 6.13. The molecule has 1 aliphatic heterocycles. The molecule has 1 saturated heterocycles. The van der Waals surface area contributed by atoms with Gasteiger partial charge in [-0.05, 0) is 44.7 Å². The molecule has 22 heavy (non-hydrogen) atoms. The molecule has 1 saturated carbocycles. The molecular formula is C17H34N4O. The number of amides is 2. The highest BCUT2D eigenvalue weighted by atomic mass is 16.2. The Morgan fingerprint density at radius 2 is 1.73 bits per heavy atom. The fourth-order valence-corrected chi connectivity index (χ4v) is 3.50. The molecule has 2 rings (SSSR count). The molecular weight excluding hydrogens is 276 g/mol. The first-order chi connectivity index (χ1) is 10.6. The molecule has 0 spiro atoms. The Bertz CT molecular complexity index is 334. The summed E-state index contributed by atoms with van der Waals surface area (Å²) < 4.78 is 0. The molecule has 0 aromatic carbocycles. The topological polar surface area (TPSA) is 47.6 Å². The molecule has 0 atom stereocenters. The third-order valence-electron chi connectivity index (χ3n) is 5.27. The normalized spacial score (nSPS) is 22.6. The minimum absolute atomic E-state index is 0.00715. The first-order valence-corrected chi connectivity index (χ1v) is 9.00. The summed E-state index contributed by atoms with van der Waals surface area (Å²) in [6.07, 6.45) is 7.35. The first kappa shape index (κ1) is 17.5. The summed E-state index contributed by atoms with van der Waals surface area (Å²) in [7, 11) is 2.19. The van der Waals surface area contributed by atoms with Crippen molar-refractivity contribution in [2.75, 3.05) is 52.9 Å². The Balaban J connectivity index is 1.45. The fourth-order valence-electron chi connectivity index (χ4n) is 3.50. The molecule has 0 bridgehead atoms. The summed E-state index contributed by atoms with van der Waals surface area (Å²) in [6, 6.07) is 0.00715. The number of carbonyl (C=O) groups is 1. The average molecular weight is 310 g/mol. The maximum Gasteiger partial charge on any atom is 0.314 e. The van der Waals surface area contributed by atoms with E-state index in [0.29, 0.717) is 5.41 Å². The van der Waals surface area contributed by atoms with Gasteiger partial charge in [-0.25, -0.2) is 4.79 Å². The number of unbranched alkanes of at least 4 members (excludes halogenated alkanes) is 1. The Hall–Kier alpha value is -0.810. The summed E-state index contributed by atoms with van der Waals surface area (Å²) >= 11 is 0. The maximum absolute atomic E-state index is 11.8. The SMILES string of the molecule is CN1CCN(CCCCNC(=O)NCC2(C)CCCC2)CC1. The number of likely N-dealkylation sites (N-methyl/N-ethyl adjacent to an activating group) is 1. The standard InChI is InChI=1S/C17H34N4O/c1-17(7-3-4-8-17)15-19-16(22)18-9-5-6-10-21-13-11-20(2)12-14-21/h3-15H2,1-2H3,(H2,18,19,22). The maximum atomic E-state index is 11.8. The monoisotopic (exact) mass is 310 g/mol. The van der Waals surface area contributed by atoms with Gasteiger partial charge < -0.3 is 20.4 Å². The molecule has 2 fully saturated rings. The van der Waals surface area contributed by atoms with Crippen LogP contribution < -0.4 is 10.6 Å². The molecule has 1 heterocycles. The molecule has 1 aliphatic carbocycles. The van der Waals surface area contributed by atoms with Gasteiger partial charge in [0.25, 0.3) is 0 Å². The minimum atomic E-state index is 0.00715. The largest absolute Gasteiger partial charge is 0.338 e. The van der Waals surface area contributed by atoms with Crippen molar-refractivity contribution in [2.24, 2.45) is 5.41 Å². The van der Waals surface area contributed by atoms with Gasteiger partial charge in [-0.15, -0.1) is 0 Å². The van der Waals surface area contributed by atoms with Crippen LogP contribution in [-0.4, -0.2) is 68.7 Å². The summed E-state index contributed by atoms with van der Waals surface area (Å²) in [5.74, 6) is 0. The number of rotatable bonds is 7. The zero-order chi connectivity index (χ0) is 15.8. The fraction of sp³-hybridized carbons (Fsp3) is 0.941. The molecule has 2 N–H and O–H groups in total. The summed E-state index contributed by atoms with van der Waals surface area (Å²) in [6.45, 7) is 9.78. The van der Waals surface area contributed by atoms with Crippen molar-refractivity contribution in [1.29, 1.82) is 0 Å². The number of hydrogen-bond donors (Lipinski definition) is 2. The van der Waals surface area contributed by atoms with Crippen LogP contribution in [0.5, 0.6) is 0 Å². The van der Waals surface area contributed by atoms with Gasteiger partial charge >= 0.3 is 6.03 Å². The zero-order valence-electron chi connectivity index (χ0n) is 14.5. The van der Waals surface area contributed by atoms with Crippen LogP contribution in [0.2, 0.25) is 0 Å². The van der Waals surface area contributed by atoms with Crippen molar-refractivity contribution >= 4 is 6.03 Å². The van der Waals surface area contributed by atoms with E-state index in [-0.39, 0.29) is 6.03 Å². The van der Waals surface area contributed by atoms with Crippen LogP contribution in [-0.2, 0) is 0 Å². The third-order valence-corrected chi connectivity index (χ3v) is 5.27. The molecule has 0 aromatic heterocycles. The average Bonchev–Trinajstić information content (AvgIpc) is 2.94. The lowest BCUT2D eigenvalue weighted by Crippen LogP contribution is -2.44. The van der Waals surface area contributed by atoms with Crippen molar-refractivity contribution < 1.29 is 4.79 Å². The van der Waals surface area contributed by atoms with Gasteiger partial charge in [0.15, 0.2) is 0 Å². The number of nitrogens with one attached hydrogen (secondary N) is 2.